The Balaban J connectivity index is 0.00000625. The third-order valence-electron chi connectivity index (χ3n) is 4.47. The van der Waals surface area contributed by atoms with E-state index in [9.17, 15) is 9.59 Å². The molecule has 0 unspecified atom stereocenters. The first-order valence-electron chi connectivity index (χ1n) is 9.29. The van der Waals surface area contributed by atoms with Gasteiger partial charge in [0.2, 0.25) is 11.8 Å². The van der Waals surface area contributed by atoms with Crippen molar-refractivity contribution in [2.24, 2.45) is 10.4 Å². The molecule has 0 aromatic rings. The molecule has 0 aliphatic heterocycles. The summed E-state index contributed by atoms with van der Waals surface area (Å²) in [5.41, 5.74) is -0.559. The van der Waals surface area contributed by atoms with Gasteiger partial charge in [0.1, 0.15) is 6.54 Å². The van der Waals surface area contributed by atoms with E-state index in [4.69, 9.17) is 0 Å². The van der Waals surface area contributed by atoms with E-state index in [0.29, 0.717) is 25.1 Å². The van der Waals surface area contributed by atoms with E-state index in [0.717, 1.165) is 12.8 Å². The van der Waals surface area contributed by atoms with Crippen molar-refractivity contribution in [1.29, 1.82) is 0 Å². The molecule has 26 heavy (non-hydrogen) atoms. The average molecular weight is 481 g/mol. The zero-order valence-electron chi connectivity index (χ0n) is 16.9. The first-order chi connectivity index (χ1) is 11.8. The highest BCUT2D eigenvalue weighted by Gasteiger charge is 2.27. The van der Waals surface area contributed by atoms with Crippen LogP contribution in [0.5, 0.6) is 0 Å². The van der Waals surface area contributed by atoms with Crippen LogP contribution in [-0.4, -0.2) is 62.4 Å². The second-order valence-corrected chi connectivity index (χ2v) is 7.53. The van der Waals surface area contributed by atoms with Crippen molar-refractivity contribution in [3.8, 4) is 0 Å². The lowest BCUT2D eigenvalue weighted by atomic mass is 9.92. The summed E-state index contributed by atoms with van der Waals surface area (Å²) in [4.78, 5) is 29.9. The zero-order chi connectivity index (χ0) is 18.9. The van der Waals surface area contributed by atoms with Gasteiger partial charge in [-0.25, -0.2) is 4.99 Å². The molecule has 0 radical (unpaired) electrons. The van der Waals surface area contributed by atoms with Crippen molar-refractivity contribution in [3.05, 3.63) is 0 Å². The quantitative estimate of drug-likeness (QED) is 0.294. The molecule has 7 nitrogen and oxygen atoms in total. The van der Waals surface area contributed by atoms with Crippen LogP contribution >= 0.6 is 24.0 Å². The summed E-state index contributed by atoms with van der Waals surface area (Å²) in [5.74, 6) is 0.566. The van der Waals surface area contributed by atoms with Crippen molar-refractivity contribution in [1.82, 2.24) is 20.9 Å². The number of nitrogens with zero attached hydrogens (tertiary/aromatic N) is 2. The summed E-state index contributed by atoms with van der Waals surface area (Å²) >= 11 is 0. The van der Waals surface area contributed by atoms with Gasteiger partial charge in [0.25, 0.3) is 0 Å². The maximum Gasteiger partial charge on any atom is 0.243 e. The van der Waals surface area contributed by atoms with Gasteiger partial charge >= 0.3 is 0 Å². The lowest BCUT2D eigenvalue weighted by Crippen LogP contribution is -2.50. The van der Waals surface area contributed by atoms with Gasteiger partial charge in [-0.15, -0.1) is 24.0 Å². The van der Waals surface area contributed by atoms with Crippen molar-refractivity contribution >= 4 is 41.8 Å². The molecule has 8 heteroatoms. The van der Waals surface area contributed by atoms with E-state index >= 15 is 0 Å². The largest absolute Gasteiger partial charge is 0.356 e. The molecule has 1 aliphatic carbocycles. The first-order valence-corrected chi connectivity index (χ1v) is 9.29. The highest BCUT2D eigenvalue weighted by Crippen LogP contribution is 2.17. The number of guanidine groups is 1. The maximum absolute atomic E-state index is 12.2. The predicted molar refractivity (Wildman–Crippen MR) is 117 cm³/mol. The number of nitrogens with one attached hydrogen (secondary N) is 3. The lowest BCUT2D eigenvalue weighted by Gasteiger charge is -2.28. The van der Waals surface area contributed by atoms with Gasteiger partial charge in [-0.3, -0.25) is 9.59 Å². The summed E-state index contributed by atoms with van der Waals surface area (Å²) in [6, 6.07) is 0.377. The highest BCUT2D eigenvalue weighted by molar-refractivity contribution is 14.0. The normalized spacial score (nSPS) is 15.7. The molecule has 1 saturated carbocycles. The highest BCUT2D eigenvalue weighted by atomic mass is 127. The number of carbonyl (C=O) groups is 2. The summed E-state index contributed by atoms with van der Waals surface area (Å²) in [6.07, 6.45) is 5.93. The Kier molecular flexibility index (Phi) is 11.8. The standard InChI is InChI=1S/C18H35N5O2.HI/c1-6-19-16(25)18(2,3)13-21-17(20-12-15(24)23(4)5)22-14-10-8-7-9-11-14;/h14H,6-13H2,1-5H3,(H,19,25)(H2,20,21,22);1H. The van der Waals surface area contributed by atoms with Crippen LogP contribution in [0.1, 0.15) is 52.9 Å². The number of hydrogen-bond donors (Lipinski definition) is 3. The van der Waals surface area contributed by atoms with Crippen molar-refractivity contribution in [2.75, 3.05) is 33.7 Å². The van der Waals surface area contributed by atoms with Crippen molar-refractivity contribution < 1.29 is 9.59 Å². The van der Waals surface area contributed by atoms with Gasteiger partial charge in [-0.05, 0) is 33.6 Å². The molecule has 0 spiro atoms. The Morgan fingerprint density at radius 1 is 1.12 bits per heavy atom. The number of hydrogen-bond acceptors (Lipinski definition) is 3. The molecule has 1 rings (SSSR count). The van der Waals surface area contributed by atoms with E-state index in [1.807, 2.05) is 20.8 Å². The number of halogens is 1. The van der Waals surface area contributed by atoms with Crippen LogP contribution in [0, 0.1) is 5.41 Å². The smallest absolute Gasteiger partial charge is 0.243 e. The Hall–Kier alpha value is -1.06. The fourth-order valence-electron chi connectivity index (χ4n) is 2.67. The second-order valence-electron chi connectivity index (χ2n) is 7.53. The van der Waals surface area contributed by atoms with Gasteiger partial charge in [0.05, 0.1) is 5.41 Å². The van der Waals surface area contributed by atoms with Crippen molar-refractivity contribution in [2.45, 2.75) is 58.9 Å². The minimum absolute atomic E-state index is 0. The van der Waals surface area contributed by atoms with Crippen molar-refractivity contribution in [3.63, 3.8) is 0 Å². The molecular formula is C18H36IN5O2. The fraction of sp³-hybridized carbons (Fsp3) is 0.833. The average Bonchev–Trinajstić information content (AvgIpc) is 2.58. The summed E-state index contributed by atoms with van der Waals surface area (Å²) in [6.45, 7) is 6.86. The van der Waals surface area contributed by atoms with Gasteiger partial charge in [0, 0.05) is 33.2 Å². The Morgan fingerprint density at radius 2 is 1.73 bits per heavy atom. The number of likely N-dealkylation sites (N-methyl/N-ethyl adjacent to an activating group) is 1. The predicted octanol–water partition coefficient (Wildman–Crippen LogP) is 1.72. The van der Waals surface area contributed by atoms with Gasteiger partial charge in [-0.1, -0.05) is 19.3 Å². The van der Waals surface area contributed by atoms with Crippen LogP contribution < -0.4 is 16.0 Å². The Morgan fingerprint density at radius 3 is 2.27 bits per heavy atom. The molecule has 0 atom stereocenters. The van der Waals surface area contributed by atoms with E-state index in [-0.39, 0.29) is 42.3 Å². The fourth-order valence-corrected chi connectivity index (χ4v) is 2.67. The SMILES string of the molecule is CCNC(=O)C(C)(C)CNC(=NCC(=O)N(C)C)NC1CCCCC1.I. The van der Waals surface area contributed by atoms with Crippen LogP contribution in [-0.2, 0) is 9.59 Å². The number of aliphatic imine (C=N–C) groups is 1. The molecule has 152 valence electrons. The Bertz CT molecular complexity index is 474. The van der Waals surface area contributed by atoms with E-state index in [1.165, 1.54) is 24.2 Å². The molecule has 0 aromatic heterocycles. The summed E-state index contributed by atoms with van der Waals surface area (Å²) < 4.78 is 0. The molecule has 3 N–H and O–H groups in total. The van der Waals surface area contributed by atoms with Gasteiger partial charge in [0.15, 0.2) is 5.96 Å². The first kappa shape index (κ1) is 24.9. The van der Waals surface area contributed by atoms with E-state index < -0.39 is 5.41 Å². The van der Waals surface area contributed by atoms with Crippen LogP contribution in [0.2, 0.25) is 0 Å². The third-order valence-corrected chi connectivity index (χ3v) is 4.47. The molecule has 1 aliphatic rings. The molecule has 1 fully saturated rings. The lowest BCUT2D eigenvalue weighted by molar-refractivity contribution is -0.129. The molecule has 2 amide bonds. The minimum atomic E-state index is -0.559. The van der Waals surface area contributed by atoms with Crippen LogP contribution in [0.4, 0.5) is 0 Å². The van der Waals surface area contributed by atoms with E-state index in [2.05, 4.69) is 20.9 Å². The molecular weight excluding hydrogens is 445 g/mol. The number of amides is 2. The molecule has 0 saturated heterocycles. The van der Waals surface area contributed by atoms with Crippen LogP contribution in [0.25, 0.3) is 0 Å². The zero-order valence-corrected chi connectivity index (χ0v) is 19.2. The monoisotopic (exact) mass is 481 g/mol. The summed E-state index contributed by atoms with van der Waals surface area (Å²) in [7, 11) is 3.44. The minimum Gasteiger partial charge on any atom is -0.356 e. The van der Waals surface area contributed by atoms with Crippen LogP contribution in [0.15, 0.2) is 4.99 Å². The number of rotatable bonds is 7. The molecule has 0 heterocycles. The van der Waals surface area contributed by atoms with Crippen LogP contribution in [0.3, 0.4) is 0 Å². The van der Waals surface area contributed by atoms with Gasteiger partial charge in [-0.2, -0.15) is 0 Å². The topological polar surface area (TPSA) is 85.8 Å². The summed E-state index contributed by atoms with van der Waals surface area (Å²) in [5, 5.41) is 9.53. The number of carbonyl (C=O) groups excluding carboxylic acids is 2. The maximum atomic E-state index is 12.2. The Labute approximate surface area is 175 Å². The van der Waals surface area contributed by atoms with E-state index in [1.54, 1.807) is 14.1 Å². The molecule has 0 bridgehead atoms. The molecule has 0 aromatic carbocycles. The van der Waals surface area contributed by atoms with Gasteiger partial charge < -0.3 is 20.9 Å². The third kappa shape index (κ3) is 9.05. The second kappa shape index (κ2) is 12.3.